The van der Waals surface area contributed by atoms with E-state index in [2.05, 4.69) is 11.9 Å². The first-order valence-corrected chi connectivity index (χ1v) is 5.32. The van der Waals surface area contributed by atoms with Crippen molar-refractivity contribution in [2.75, 3.05) is 6.61 Å². The molecule has 0 saturated heterocycles. The molecule has 0 aliphatic carbocycles. The molecule has 0 amide bonds. The minimum absolute atomic E-state index is 0.659. The van der Waals surface area contributed by atoms with Crippen LogP contribution in [-0.2, 0) is 0 Å². The Hall–Kier alpha value is -1.83. The van der Waals surface area contributed by atoms with Gasteiger partial charge in [0.2, 0.25) is 0 Å². The van der Waals surface area contributed by atoms with E-state index >= 15 is 0 Å². The number of nitrogens with zero attached hydrogens (tertiary/aromatic N) is 1. The molecule has 2 nitrogen and oxygen atoms in total. The maximum atomic E-state index is 5.47. The predicted molar refractivity (Wildman–Crippen MR) is 65.1 cm³/mol. The Bertz CT molecular complexity index is 422. The Morgan fingerprint density at radius 3 is 2.50 bits per heavy atom. The molecule has 0 N–H and O–H groups in total. The fourth-order valence-electron chi connectivity index (χ4n) is 1.47. The van der Waals surface area contributed by atoms with Crippen molar-refractivity contribution in [3.63, 3.8) is 0 Å². The summed E-state index contributed by atoms with van der Waals surface area (Å²) < 4.78 is 5.47. The summed E-state index contributed by atoms with van der Waals surface area (Å²) in [4.78, 5) is 4.09. The van der Waals surface area contributed by atoms with Crippen molar-refractivity contribution < 1.29 is 4.74 Å². The van der Waals surface area contributed by atoms with E-state index in [0.717, 1.165) is 23.3 Å². The summed E-state index contributed by atoms with van der Waals surface area (Å²) in [5, 5.41) is 0. The van der Waals surface area contributed by atoms with Gasteiger partial charge in [-0.05, 0) is 42.7 Å². The van der Waals surface area contributed by atoms with Gasteiger partial charge in [-0.1, -0.05) is 18.2 Å². The highest BCUT2D eigenvalue weighted by Gasteiger charge is 1.97. The van der Waals surface area contributed by atoms with E-state index in [9.17, 15) is 0 Å². The molecule has 1 heterocycles. The molecular formula is C14H14NO. The monoisotopic (exact) mass is 212 g/mol. The fraction of sp³-hybridized carbons (Fsp3) is 0.143. The number of rotatable bonds is 4. The molecular weight excluding hydrogens is 198 g/mol. The number of benzene rings is 1. The van der Waals surface area contributed by atoms with Crippen molar-refractivity contribution in [3.8, 4) is 16.9 Å². The van der Waals surface area contributed by atoms with Crippen molar-refractivity contribution in [2.24, 2.45) is 0 Å². The molecule has 1 aromatic heterocycles. The summed E-state index contributed by atoms with van der Waals surface area (Å²) in [5.41, 5.74) is 2.27. The number of hydrogen-bond acceptors (Lipinski definition) is 2. The maximum Gasteiger partial charge on any atom is 0.119 e. The standard InChI is InChI=1S/C14H14NO/c1-2-10-16-14-7-5-12(6-8-14)13-4-3-9-15-11-13/h3-9,11H,1-2,10H2. The summed E-state index contributed by atoms with van der Waals surface area (Å²) in [7, 11) is 0. The average molecular weight is 212 g/mol. The molecule has 1 aromatic carbocycles. The highest BCUT2D eigenvalue weighted by molar-refractivity contribution is 5.62. The van der Waals surface area contributed by atoms with E-state index in [1.54, 1.807) is 6.20 Å². The first kappa shape index (κ1) is 10.7. The van der Waals surface area contributed by atoms with Crippen molar-refractivity contribution >= 4 is 0 Å². The maximum absolute atomic E-state index is 5.47. The summed E-state index contributed by atoms with van der Waals surface area (Å²) >= 11 is 0. The number of hydrogen-bond donors (Lipinski definition) is 0. The molecule has 0 saturated carbocycles. The lowest BCUT2D eigenvalue weighted by atomic mass is 10.1. The molecule has 2 rings (SSSR count). The SMILES string of the molecule is [CH2]CCOc1ccc(-c2cccnc2)cc1. The van der Waals surface area contributed by atoms with Crippen LogP contribution in [0.4, 0.5) is 0 Å². The molecule has 0 bridgehead atoms. The van der Waals surface area contributed by atoms with Gasteiger partial charge in [-0.2, -0.15) is 0 Å². The van der Waals surface area contributed by atoms with Crippen LogP contribution in [0.3, 0.4) is 0 Å². The number of aromatic nitrogens is 1. The van der Waals surface area contributed by atoms with Crippen LogP contribution >= 0.6 is 0 Å². The zero-order valence-electron chi connectivity index (χ0n) is 9.10. The molecule has 0 aliphatic rings. The van der Waals surface area contributed by atoms with Crippen LogP contribution in [-0.4, -0.2) is 11.6 Å². The van der Waals surface area contributed by atoms with Crippen molar-refractivity contribution in [3.05, 3.63) is 55.7 Å². The predicted octanol–water partition coefficient (Wildman–Crippen LogP) is 3.35. The second kappa shape index (κ2) is 5.31. The molecule has 0 aliphatic heterocycles. The van der Waals surface area contributed by atoms with Crippen LogP contribution in [0.25, 0.3) is 11.1 Å². The fourth-order valence-corrected chi connectivity index (χ4v) is 1.47. The Morgan fingerprint density at radius 1 is 1.06 bits per heavy atom. The van der Waals surface area contributed by atoms with E-state index in [4.69, 9.17) is 4.74 Å². The summed E-state index contributed by atoms with van der Waals surface area (Å²) in [6.07, 6.45) is 4.41. The van der Waals surface area contributed by atoms with Crippen LogP contribution in [0.5, 0.6) is 5.75 Å². The number of ether oxygens (including phenoxy) is 1. The van der Waals surface area contributed by atoms with Gasteiger partial charge in [0.05, 0.1) is 6.61 Å². The van der Waals surface area contributed by atoms with Crippen molar-refractivity contribution in [1.82, 2.24) is 4.98 Å². The molecule has 2 aromatic rings. The lowest BCUT2D eigenvalue weighted by Gasteiger charge is -2.05. The van der Waals surface area contributed by atoms with Gasteiger partial charge < -0.3 is 4.74 Å². The molecule has 1 radical (unpaired) electrons. The van der Waals surface area contributed by atoms with E-state index in [1.807, 2.05) is 42.6 Å². The van der Waals surface area contributed by atoms with Crippen LogP contribution in [0.15, 0.2) is 48.8 Å². The third-order valence-electron chi connectivity index (χ3n) is 2.26. The minimum Gasteiger partial charge on any atom is -0.494 e. The van der Waals surface area contributed by atoms with Gasteiger partial charge in [0.1, 0.15) is 5.75 Å². The van der Waals surface area contributed by atoms with E-state index in [1.165, 1.54) is 0 Å². The topological polar surface area (TPSA) is 22.1 Å². The van der Waals surface area contributed by atoms with Gasteiger partial charge in [0, 0.05) is 12.4 Å². The van der Waals surface area contributed by atoms with Crippen LogP contribution in [0.1, 0.15) is 6.42 Å². The molecule has 0 atom stereocenters. The van der Waals surface area contributed by atoms with Crippen LogP contribution in [0, 0.1) is 6.92 Å². The van der Waals surface area contributed by atoms with E-state index < -0.39 is 0 Å². The van der Waals surface area contributed by atoms with E-state index in [-0.39, 0.29) is 0 Å². The largest absolute Gasteiger partial charge is 0.494 e. The van der Waals surface area contributed by atoms with Gasteiger partial charge in [0.25, 0.3) is 0 Å². The normalized spacial score (nSPS) is 10.1. The lowest BCUT2D eigenvalue weighted by molar-refractivity contribution is 0.324. The zero-order chi connectivity index (χ0) is 11.2. The molecule has 0 fully saturated rings. The second-order valence-electron chi connectivity index (χ2n) is 3.47. The van der Waals surface area contributed by atoms with Crippen LogP contribution < -0.4 is 4.74 Å². The minimum atomic E-state index is 0.659. The summed E-state index contributed by atoms with van der Waals surface area (Å²) in [6.45, 7) is 4.39. The van der Waals surface area contributed by atoms with Crippen molar-refractivity contribution in [1.29, 1.82) is 0 Å². The van der Waals surface area contributed by atoms with Gasteiger partial charge in [-0.25, -0.2) is 0 Å². The van der Waals surface area contributed by atoms with Gasteiger partial charge in [-0.3, -0.25) is 4.98 Å². The summed E-state index contributed by atoms with van der Waals surface area (Å²) in [5.74, 6) is 0.885. The highest BCUT2D eigenvalue weighted by Crippen LogP contribution is 2.21. The highest BCUT2D eigenvalue weighted by atomic mass is 16.5. The van der Waals surface area contributed by atoms with Gasteiger partial charge >= 0.3 is 0 Å². The number of pyridine rings is 1. The van der Waals surface area contributed by atoms with Gasteiger partial charge in [0.15, 0.2) is 0 Å². The van der Waals surface area contributed by atoms with E-state index in [0.29, 0.717) is 6.61 Å². The first-order chi connectivity index (χ1) is 7.90. The quantitative estimate of drug-likeness (QED) is 0.775. The second-order valence-corrected chi connectivity index (χ2v) is 3.47. The first-order valence-electron chi connectivity index (χ1n) is 5.32. The zero-order valence-corrected chi connectivity index (χ0v) is 9.10. The smallest absolute Gasteiger partial charge is 0.119 e. The Balaban J connectivity index is 2.13. The molecule has 2 heteroatoms. The summed E-state index contributed by atoms with van der Waals surface area (Å²) in [6, 6.07) is 12.0. The Morgan fingerprint density at radius 2 is 1.88 bits per heavy atom. The average Bonchev–Trinajstić information content (AvgIpc) is 2.38. The van der Waals surface area contributed by atoms with Gasteiger partial charge in [-0.15, -0.1) is 0 Å². The molecule has 0 unspecified atom stereocenters. The lowest BCUT2D eigenvalue weighted by Crippen LogP contribution is -1.94. The molecule has 16 heavy (non-hydrogen) atoms. The third-order valence-corrected chi connectivity index (χ3v) is 2.26. The van der Waals surface area contributed by atoms with Crippen LogP contribution in [0.2, 0.25) is 0 Å². The Kier molecular flexibility index (Phi) is 3.54. The Labute approximate surface area is 95.9 Å². The third kappa shape index (κ3) is 2.60. The molecule has 81 valence electrons. The van der Waals surface area contributed by atoms with Crippen molar-refractivity contribution in [2.45, 2.75) is 6.42 Å². The molecule has 0 spiro atoms.